The molecule has 0 bridgehead atoms. The number of benzene rings is 2. The van der Waals surface area contributed by atoms with Gasteiger partial charge in [0.1, 0.15) is 11.6 Å². The molecule has 0 aliphatic heterocycles. The number of rotatable bonds is 5. The topological polar surface area (TPSA) is 12.0 Å². The van der Waals surface area contributed by atoms with Gasteiger partial charge in [0.15, 0.2) is 0 Å². The Morgan fingerprint density at radius 1 is 1.05 bits per heavy atom. The molecule has 3 heteroatoms. The van der Waals surface area contributed by atoms with Crippen LogP contribution in [0.1, 0.15) is 29.7 Å². The van der Waals surface area contributed by atoms with Crippen LogP contribution in [0, 0.1) is 18.6 Å². The Morgan fingerprint density at radius 3 is 2.35 bits per heavy atom. The Kier molecular flexibility index (Phi) is 4.85. The lowest BCUT2D eigenvalue weighted by Gasteiger charge is -2.19. The number of hydrogen-bond donors (Lipinski definition) is 1. The normalized spacial score (nSPS) is 12.4. The highest BCUT2D eigenvalue weighted by Crippen LogP contribution is 2.22. The van der Waals surface area contributed by atoms with Gasteiger partial charge in [-0.15, -0.1) is 0 Å². The minimum atomic E-state index is -0.254. The minimum Gasteiger partial charge on any atom is -0.310 e. The van der Waals surface area contributed by atoms with E-state index in [2.05, 4.69) is 5.32 Å². The van der Waals surface area contributed by atoms with Gasteiger partial charge < -0.3 is 5.32 Å². The van der Waals surface area contributed by atoms with E-state index in [1.165, 1.54) is 12.1 Å². The van der Waals surface area contributed by atoms with Crippen LogP contribution in [0.4, 0.5) is 8.78 Å². The fourth-order valence-electron chi connectivity index (χ4n) is 2.31. The van der Waals surface area contributed by atoms with Crippen molar-refractivity contribution in [1.29, 1.82) is 0 Å². The lowest BCUT2D eigenvalue weighted by molar-refractivity contribution is 0.509. The third kappa shape index (κ3) is 3.64. The molecule has 0 aromatic heterocycles. The first-order valence-corrected chi connectivity index (χ1v) is 6.84. The molecule has 0 saturated carbocycles. The van der Waals surface area contributed by atoms with Gasteiger partial charge in [-0.3, -0.25) is 0 Å². The Morgan fingerprint density at radius 2 is 1.75 bits per heavy atom. The first-order valence-electron chi connectivity index (χ1n) is 6.84. The van der Waals surface area contributed by atoms with Crippen LogP contribution in [-0.2, 0) is 6.42 Å². The van der Waals surface area contributed by atoms with Crippen molar-refractivity contribution >= 4 is 0 Å². The van der Waals surface area contributed by atoms with Crippen molar-refractivity contribution in [2.45, 2.75) is 26.3 Å². The summed E-state index contributed by atoms with van der Waals surface area (Å²) in [7, 11) is 0. The van der Waals surface area contributed by atoms with E-state index in [0.29, 0.717) is 12.0 Å². The Labute approximate surface area is 118 Å². The summed E-state index contributed by atoms with van der Waals surface area (Å²) in [6, 6.07) is 11.5. The van der Waals surface area contributed by atoms with E-state index in [9.17, 15) is 8.78 Å². The predicted molar refractivity (Wildman–Crippen MR) is 77.7 cm³/mol. The van der Waals surface area contributed by atoms with Crippen molar-refractivity contribution in [3.8, 4) is 0 Å². The molecule has 0 aliphatic carbocycles. The molecule has 0 heterocycles. The Hall–Kier alpha value is -1.74. The van der Waals surface area contributed by atoms with E-state index >= 15 is 0 Å². The highest BCUT2D eigenvalue weighted by Gasteiger charge is 2.15. The van der Waals surface area contributed by atoms with E-state index < -0.39 is 0 Å². The van der Waals surface area contributed by atoms with Crippen LogP contribution >= 0.6 is 0 Å². The Balaban J connectivity index is 2.24. The standard InChI is InChI=1S/C17H19F2N/c1-3-20-17(11-13-5-7-14(18)8-6-13)15-9-4-12(2)10-16(15)19/h4-10,17,20H,3,11H2,1-2H3. The summed E-state index contributed by atoms with van der Waals surface area (Å²) < 4.78 is 27.0. The third-order valence-corrected chi connectivity index (χ3v) is 3.33. The van der Waals surface area contributed by atoms with Crippen LogP contribution in [0.15, 0.2) is 42.5 Å². The van der Waals surface area contributed by atoms with Crippen LogP contribution in [-0.4, -0.2) is 6.54 Å². The predicted octanol–water partition coefficient (Wildman–Crippen LogP) is 4.17. The summed E-state index contributed by atoms with van der Waals surface area (Å²) in [6.45, 7) is 4.61. The van der Waals surface area contributed by atoms with Crippen molar-refractivity contribution in [2.75, 3.05) is 6.54 Å². The average molecular weight is 275 g/mol. The molecule has 2 aromatic carbocycles. The zero-order valence-electron chi connectivity index (χ0n) is 11.8. The molecule has 2 rings (SSSR count). The summed E-state index contributed by atoms with van der Waals surface area (Å²) in [5.74, 6) is -0.451. The molecule has 2 aromatic rings. The highest BCUT2D eigenvalue weighted by molar-refractivity contribution is 5.28. The summed E-state index contributed by atoms with van der Waals surface area (Å²) in [5.41, 5.74) is 2.54. The monoisotopic (exact) mass is 275 g/mol. The smallest absolute Gasteiger partial charge is 0.128 e. The number of aryl methyl sites for hydroxylation is 1. The molecule has 106 valence electrons. The van der Waals surface area contributed by atoms with Gasteiger partial charge in [-0.25, -0.2) is 8.78 Å². The summed E-state index contributed by atoms with van der Waals surface area (Å²) in [6.07, 6.45) is 0.633. The molecule has 0 fully saturated rings. The van der Waals surface area contributed by atoms with Gasteiger partial charge in [-0.2, -0.15) is 0 Å². The molecule has 0 aliphatic rings. The fraction of sp³-hybridized carbons (Fsp3) is 0.294. The molecule has 0 saturated heterocycles. The van der Waals surface area contributed by atoms with Crippen LogP contribution < -0.4 is 5.32 Å². The lowest BCUT2D eigenvalue weighted by atomic mass is 9.97. The van der Waals surface area contributed by atoms with Gasteiger partial charge in [0.05, 0.1) is 0 Å². The van der Waals surface area contributed by atoms with Gasteiger partial charge in [0.2, 0.25) is 0 Å². The molecular weight excluding hydrogens is 256 g/mol. The lowest BCUT2D eigenvalue weighted by Crippen LogP contribution is -2.24. The molecule has 0 amide bonds. The molecule has 20 heavy (non-hydrogen) atoms. The van der Waals surface area contributed by atoms with E-state index in [4.69, 9.17) is 0 Å². The zero-order chi connectivity index (χ0) is 14.5. The quantitative estimate of drug-likeness (QED) is 0.863. The summed E-state index contributed by atoms with van der Waals surface area (Å²) in [4.78, 5) is 0. The molecular formula is C17H19F2N. The van der Waals surface area contributed by atoms with Crippen LogP contribution in [0.5, 0.6) is 0 Å². The maximum atomic E-state index is 14.1. The van der Waals surface area contributed by atoms with Crippen LogP contribution in [0.3, 0.4) is 0 Å². The van der Waals surface area contributed by atoms with Gasteiger partial charge >= 0.3 is 0 Å². The SMILES string of the molecule is CCNC(Cc1ccc(F)cc1)c1ccc(C)cc1F. The molecule has 1 unspecified atom stereocenters. The average Bonchev–Trinajstić information content (AvgIpc) is 2.41. The molecule has 0 radical (unpaired) electrons. The second kappa shape index (κ2) is 6.62. The van der Waals surface area contributed by atoms with Gasteiger partial charge in [-0.05, 0) is 49.2 Å². The molecule has 1 nitrogen and oxygen atoms in total. The van der Waals surface area contributed by atoms with E-state index in [1.54, 1.807) is 18.2 Å². The third-order valence-electron chi connectivity index (χ3n) is 3.33. The largest absolute Gasteiger partial charge is 0.310 e. The number of likely N-dealkylation sites (N-methyl/N-ethyl adjacent to an activating group) is 1. The maximum Gasteiger partial charge on any atom is 0.128 e. The van der Waals surface area contributed by atoms with E-state index in [-0.39, 0.29) is 17.7 Å². The first-order chi connectivity index (χ1) is 9.60. The second-order valence-corrected chi connectivity index (χ2v) is 4.97. The van der Waals surface area contributed by atoms with Crippen molar-refractivity contribution in [1.82, 2.24) is 5.32 Å². The first kappa shape index (κ1) is 14.7. The molecule has 1 atom stereocenters. The number of nitrogens with one attached hydrogen (secondary N) is 1. The highest BCUT2D eigenvalue weighted by atomic mass is 19.1. The second-order valence-electron chi connectivity index (χ2n) is 4.97. The Bertz CT molecular complexity index is 564. The number of hydrogen-bond acceptors (Lipinski definition) is 1. The van der Waals surface area contributed by atoms with Gasteiger partial charge in [-0.1, -0.05) is 31.2 Å². The summed E-state index contributed by atoms with van der Waals surface area (Å²) in [5, 5.41) is 3.29. The van der Waals surface area contributed by atoms with Crippen molar-refractivity contribution in [2.24, 2.45) is 0 Å². The number of halogens is 2. The van der Waals surface area contributed by atoms with Gasteiger partial charge in [0.25, 0.3) is 0 Å². The van der Waals surface area contributed by atoms with E-state index in [1.807, 2.05) is 26.0 Å². The fourth-order valence-corrected chi connectivity index (χ4v) is 2.31. The maximum absolute atomic E-state index is 14.1. The molecule has 0 spiro atoms. The molecule has 1 N–H and O–H groups in total. The minimum absolute atomic E-state index is 0.105. The van der Waals surface area contributed by atoms with Crippen LogP contribution in [0.25, 0.3) is 0 Å². The summed E-state index contributed by atoms with van der Waals surface area (Å²) >= 11 is 0. The van der Waals surface area contributed by atoms with E-state index in [0.717, 1.165) is 17.7 Å². The van der Waals surface area contributed by atoms with Crippen molar-refractivity contribution in [3.63, 3.8) is 0 Å². The van der Waals surface area contributed by atoms with Crippen LogP contribution in [0.2, 0.25) is 0 Å². The van der Waals surface area contributed by atoms with Crippen molar-refractivity contribution in [3.05, 3.63) is 70.8 Å². The van der Waals surface area contributed by atoms with Gasteiger partial charge in [0, 0.05) is 11.6 Å². The van der Waals surface area contributed by atoms with Crippen molar-refractivity contribution < 1.29 is 8.78 Å². The zero-order valence-corrected chi connectivity index (χ0v) is 11.8.